The minimum atomic E-state index is -4.70. The molecule has 3 rings (SSSR count). The lowest BCUT2D eigenvalue weighted by atomic mass is 9.87. The Morgan fingerprint density at radius 3 is 2.31 bits per heavy atom. The van der Waals surface area contributed by atoms with Gasteiger partial charge < -0.3 is 0 Å². The first-order valence-electron chi connectivity index (χ1n) is 9.62. The molecule has 0 N–H and O–H groups in total. The monoisotopic (exact) mass is 428 g/mol. The maximum absolute atomic E-state index is 13.5. The molecule has 7 heteroatoms. The first-order valence-corrected chi connectivity index (χ1v) is 11.5. The lowest BCUT2D eigenvalue weighted by molar-refractivity contribution is -0.140. The second-order valence-corrected chi connectivity index (χ2v) is 10.1. The predicted molar refractivity (Wildman–Crippen MR) is 104 cm³/mol. The van der Waals surface area contributed by atoms with E-state index in [4.69, 9.17) is 0 Å². The van der Waals surface area contributed by atoms with E-state index < -0.39 is 27.4 Å². The molecule has 158 valence electrons. The van der Waals surface area contributed by atoms with E-state index in [9.17, 15) is 26.0 Å². The van der Waals surface area contributed by atoms with E-state index in [1.54, 1.807) is 12.1 Å². The van der Waals surface area contributed by atoms with Crippen molar-refractivity contribution in [3.05, 3.63) is 65.0 Å². The molecule has 0 spiro atoms. The summed E-state index contributed by atoms with van der Waals surface area (Å²) in [6, 6.07) is 10.2. The second-order valence-electron chi connectivity index (χ2n) is 8.09. The average Bonchev–Trinajstić information content (AvgIpc) is 3.09. The summed E-state index contributed by atoms with van der Waals surface area (Å²) in [4.78, 5) is 0.293. The van der Waals surface area contributed by atoms with Gasteiger partial charge in [-0.3, -0.25) is 0 Å². The van der Waals surface area contributed by atoms with Crippen LogP contribution in [0.25, 0.3) is 0 Å². The standard InChI is InChI=1S/C22H24F4O2S/c1-14(17-7-10-21(23)20(13-17)22(24,25)26)11-15-3-4-18(12-15)16-5-8-19(9-6-16)29(2,27)28/h5-10,13-15,18H,3-4,11-12H2,1-2H3/t14-,15?,18-/m0/s1. The van der Waals surface area contributed by atoms with Gasteiger partial charge >= 0.3 is 6.18 Å². The highest BCUT2D eigenvalue weighted by Crippen LogP contribution is 2.43. The van der Waals surface area contributed by atoms with Gasteiger partial charge in [-0.25, -0.2) is 12.8 Å². The molecule has 1 aliphatic rings. The summed E-state index contributed by atoms with van der Waals surface area (Å²) in [7, 11) is -3.22. The van der Waals surface area contributed by atoms with Crippen molar-refractivity contribution in [2.45, 2.75) is 55.5 Å². The van der Waals surface area contributed by atoms with Gasteiger partial charge in [0.05, 0.1) is 10.5 Å². The van der Waals surface area contributed by atoms with Gasteiger partial charge in [-0.15, -0.1) is 0 Å². The molecular formula is C22H24F4O2S. The van der Waals surface area contributed by atoms with Gasteiger partial charge in [-0.05, 0) is 78.8 Å². The third-order valence-electron chi connectivity index (χ3n) is 5.87. The summed E-state index contributed by atoms with van der Waals surface area (Å²) in [5, 5.41) is 0. The molecule has 0 saturated heterocycles. The van der Waals surface area contributed by atoms with Crippen molar-refractivity contribution in [3.63, 3.8) is 0 Å². The Hall–Kier alpha value is -1.89. The lowest BCUT2D eigenvalue weighted by Crippen LogP contribution is -2.10. The molecule has 1 unspecified atom stereocenters. The topological polar surface area (TPSA) is 34.1 Å². The minimum Gasteiger partial charge on any atom is -0.224 e. The van der Waals surface area contributed by atoms with Crippen molar-refractivity contribution in [2.75, 3.05) is 6.26 Å². The molecule has 3 atom stereocenters. The summed E-state index contributed by atoms with van der Waals surface area (Å²) < 4.78 is 75.6. The molecule has 0 heterocycles. The molecule has 29 heavy (non-hydrogen) atoms. The zero-order chi connectivity index (χ0) is 21.4. The average molecular weight is 428 g/mol. The van der Waals surface area contributed by atoms with Crippen LogP contribution in [0.2, 0.25) is 0 Å². The first-order chi connectivity index (χ1) is 13.4. The summed E-state index contributed by atoms with van der Waals surface area (Å²) in [5.74, 6) is -0.663. The van der Waals surface area contributed by atoms with Crippen LogP contribution in [0.4, 0.5) is 17.6 Å². The van der Waals surface area contributed by atoms with Gasteiger partial charge in [0.1, 0.15) is 5.82 Å². The fourth-order valence-corrected chi connectivity index (χ4v) is 4.91. The molecule has 1 aliphatic carbocycles. The van der Waals surface area contributed by atoms with Crippen LogP contribution in [0.3, 0.4) is 0 Å². The zero-order valence-corrected chi connectivity index (χ0v) is 17.2. The Balaban J connectivity index is 1.65. The number of rotatable bonds is 5. The van der Waals surface area contributed by atoms with Crippen LogP contribution in [0.5, 0.6) is 0 Å². The van der Waals surface area contributed by atoms with Crippen molar-refractivity contribution in [1.82, 2.24) is 0 Å². The van der Waals surface area contributed by atoms with E-state index in [1.807, 2.05) is 19.1 Å². The molecule has 0 aliphatic heterocycles. The molecule has 2 nitrogen and oxygen atoms in total. The molecule has 1 saturated carbocycles. The molecule has 0 aromatic heterocycles. The predicted octanol–water partition coefficient (Wildman–Crippen LogP) is 6.33. The van der Waals surface area contributed by atoms with Gasteiger partial charge in [0.2, 0.25) is 0 Å². The van der Waals surface area contributed by atoms with Gasteiger partial charge in [0.25, 0.3) is 0 Å². The molecule has 2 aromatic carbocycles. The van der Waals surface area contributed by atoms with Crippen LogP contribution < -0.4 is 0 Å². The van der Waals surface area contributed by atoms with Crippen LogP contribution >= 0.6 is 0 Å². The maximum atomic E-state index is 13.5. The highest BCUT2D eigenvalue weighted by molar-refractivity contribution is 7.90. The minimum absolute atomic E-state index is 0.104. The van der Waals surface area contributed by atoms with Crippen molar-refractivity contribution in [1.29, 1.82) is 0 Å². The molecule has 0 radical (unpaired) electrons. The number of hydrogen-bond donors (Lipinski definition) is 0. The lowest BCUT2D eigenvalue weighted by Gasteiger charge is -2.19. The van der Waals surface area contributed by atoms with Crippen LogP contribution in [-0.4, -0.2) is 14.7 Å². The maximum Gasteiger partial charge on any atom is 0.419 e. The third kappa shape index (κ3) is 5.18. The zero-order valence-electron chi connectivity index (χ0n) is 16.3. The Bertz CT molecular complexity index is 965. The Morgan fingerprint density at radius 1 is 1.07 bits per heavy atom. The van der Waals surface area contributed by atoms with Gasteiger partial charge in [-0.1, -0.05) is 25.1 Å². The summed E-state index contributed by atoms with van der Waals surface area (Å²) in [5.41, 5.74) is 0.380. The summed E-state index contributed by atoms with van der Waals surface area (Å²) in [6.45, 7) is 1.88. The van der Waals surface area contributed by atoms with E-state index in [2.05, 4.69) is 0 Å². The fraction of sp³-hybridized carbons (Fsp3) is 0.455. The number of halogens is 4. The molecule has 0 amide bonds. The molecule has 2 aromatic rings. The number of sulfone groups is 1. The van der Waals surface area contributed by atoms with E-state index in [1.165, 1.54) is 12.3 Å². The Morgan fingerprint density at radius 2 is 1.72 bits per heavy atom. The van der Waals surface area contributed by atoms with E-state index in [0.717, 1.165) is 43.4 Å². The Labute approximate surface area is 168 Å². The number of benzene rings is 2. The molecule has 0 bridgehead atoms. The first kappa shape index (κ1) is 21.8. The van der Waals surface area contributed by atoms with Gasteiger partial charge in [0.15, 0.2) is 9.84 Å². The van der Waals surface area contributed by atoms with Crippen molar-refractivity contribution in [3.8, 4) is 0 Å². The van der Waals surface area contributed by atoms with Crippen molar-refractivity contribution in [2.24, 2.45) is 5.92 Å². The van der Waals surface area contributed by atoms with Gasteiger partial charge in [0, 0.05) is 6.26 Å². The second kappa shape index (κ2) is 8.09. The normalized spacial score (nSPS) is 21.3. The van der Waals surface area contributed by atoms with E-state index in [-0.39, 0.29) is 5.92 Å². The largest absolute Gasteiger partial charge is 0.419 e. The number of alkyl halides is 3. The van der Waals surface area contributed by atoms with Crippen LogP contribution in [0.1, 0.15) is 61.1 Å². The van der Waals surface area contributed by atoms with E-state index in [0.29, 0.717) is 22.3 Å². The molecule has 1 fully saturated rings. The highest BCUT2D eigenvalue weighted by Gasteiger charge is 2.35. The fourth-order valence-electron chi connectivity index (χ4n) is 4.28. The Kier molecular flexibility index (Phi) is 6.08. The highest BCUT2D eigenvalue weighted by atomic mass is 32.2. The van der Waals surface area contributed by atoms with Crippen LogP contribution in [0.15, 0.2) is 47.4 Å². The van der Waals surface area contributed by atoms with Crippen molar-refractivity contribution < 1.29 is 26.0 Å². The SMILES string of the molecule is C[C@@H](CC1CC[C@H](c2ccc(S(C)(=O)=O)cc2)C1)c1ccc(F)c(C(F)(F)F)c1. The van der Waals surface area contributed by atoms with Crippen molar-refractivity contribution >= 4 is 9.84 Å². The smallest absolute Gasteiger partial charge is 0.224 e. The third-order valence-corrected chi connectivity index (χ3v) is 7.00. The van der Waals surface area contributed by atoms with Gasteiger partial charge in [-0.2, -0.15) is 13.2 Å². The van der Waals surface area contributed by atoms with Crippen LogP contribution in [-0.2, 0) is 16.0 Å². The summed E-state index contributed by atoms with van der Waals surface area (Å²) in [6.07, 6.45) is 0.0603. The van der Waals surface area contributed by atoms with E-state index >= 15 is 0 Å². The van der Waals surface area contributed by atoms with Crippen LogP contribution in [0, 0.1) is 11.7 Å². The molecular weight excluding hydrogens is 404 g/mol. The number of hydrogen-bond acceptors (Lipinski definition) is 2. The summed E-state index contributed by atoms with van der Waals surface area (Å²) >= 11 is 0. The quantitative estimate of drug-likeness (QED) is 0.522.